The maximum Gasteiger partial charge on any atom is 0.353 e. The molecule has 0 amide bonds. The number of carboxylic acid groups (broad SMARTS) is 1. The quantitative estimate of drug-likeness (QED) is 0.684. The molecule has 4 nitrogen and oxygen atoms in total. The van der Waals surface area contributed by atoms with Gasteiger partial charge in [-0.15, -0.1) is 24.8 Å². The summed E-state index contributed by atoms with van der Waals surface area (Å²) in [6.07, 6.45) is 1.39. The van der Waals surface area contributed by atoms with Gasteiger partial charge < -0.3 is 5.11 Å². The first-order valence-electron chi connectivity index (χ1n) is 2.03. The molecule has 0 bridgehead atoms. The van der Waals surface area contributed by atoms with E-state index in [9.17, 15) is 4.79 Å². The van der Waals surface area contributed by atoms with Crippen molar-refractivity contribution in [3.8, 4) is 0 Å². The molecule has 1 aromatic heterocycles. The fourth-order valence-corrected chi connectivity index (χ4v) is 0.375. The van der Waals surface area contributed by atoms with Gasteiger partial charge in [-0.05, 0) is 6.07 Å². The standard InChI is InChI=1S/C4H4N2O2.2ClH/c7-4(8)3-1-2-5-6-3;;/h1-2H,(H,5,6)(H,7,8);2*1H. The molecule has 1 heterocycles. The van der Waals surface area contributed by atoms with E-state index in [1.54, 1.807) is 0 Å². The SMILES string of the molecule is Cl.Cl.O=C(O)c1ccn[nH]1. The lowest BCUT2D eigenvalue weighted by molar-refractivity contribution is 0.0690. The largest absolute Gasteiger partial charge is 0.477 e. The first-order valence-corrected chi connectivity index (χ1v) is 2.03. The van der Waals surface area contributed by atoms with E-state index < -0.39 is 5.97 Å². The second kappa shape index (κ2) is 5.08. The van der Waals surface area contributed by atoms with E-state index in [0.717, 1.165) is 0 Å². The minimum Gasteiger partial charge on any atom is -0.477 e. The third kappa shape index (κ3) is 2.70. The lowest BCUT2D eigenvalue weighted by Crippen LogP contribution is -1.95. The van der Waals surface area contributed by atoms with Gasteiger partial charge in [0.1, 0.15) is 5.69 Å². The van der Waals surface area contributed by atoms with Crippen molar-refractivity contribution in [2.45, 2.75) is 0 Å². The minimum atomic E-state index is -0.984. The predicted octanol–water partition coefficient (Wildman–Crippen LogP) is 0.951. The fraction of sp³-hybridized carbons (Fsp3) is 0. The Morgan fingerprint density at radius 2 is 2.20 bits per heavy atom. The van der Waals surface area contributed by atoms with Crippen molar-refractivity contribution >= 4 is 30.8 Å². The molecule has 0 saturated heterocycles. The molecule has 10 heavy (non-hydrogen) atoms. The van der Waals surface area contributed by atoms with Gasteiger partial charge in [0, 0.05) is 6.20 Å². The van der Waals surface area contributed by atoms with Crippen LogP contribution in [0.4, 0.5) is 0 Å². The number of carbonyl (C=O) groups is 1. The van der Waals surface area contributed by atoms with Crippen LogP contribution in [0.1, 0.15) is 10.5 Å². The van der Waals surface area contributed by atoms with Gasteiger partial charge in [0.15, 0.2) is 0 Å². The van der Waals surface area contributed by atoms with Crippen molar-refractivity contribution in [2.24, 2.45) is 0 Å². The number of nitrogens with one attached hydrogen (secondary N) is 1. The molecule has 0 unspecified atom stereocenters. The predicted molar refractivity (Wildman–Crippen MR) is 40.0 cm³/mol. The second-order valence-corrected chi connectivity index (χ2v) is 1.28. The smallest absolute Gasteiger partial charge is 0.353 e. The highest BCUT2D eigenvalue weighted by Crippen LogP contribution is 1.87. The van der Waals surface area contributed by atoms with Gasteiger partial charge in [-0.1, -0.05) is 0 Å². The summed E-state index contributed by atoms with van der Waals surface area (Å²) in [4.78, 5) is 9.99. The highest BCUT2D eigenvalue weighted by molar-refractivity contribution is 5.85. The Kier molecular flexibility index (Phi) is 6.09. The first-order chi connectivity index (χ1) is 3.80. The summed E-state index contributed by atoms with van der Waals surface area (Å²) in [7, 11) is 0. The molecular formula is C4H6Cl2N2O2. The van der Waals surface area contributed by atoms with Crippen LogP contribution in [-0.4, -0.2) is 21.3 Å². The number of halogens is 2. The van der Waals surface area contributed by atoms with Crippen LogP contribution in [0.2, 0.25) is 0 Å². The molecule has 0 saturated carbocycles. The Morgan fingerprint density at radius 1 is 1.60 bits per heavy atom. The van der Waals surface area contributed by atoms with Crippen molar-refractivity contribution < 1.29 is 9.90 Å². The van der Waals surface area contributed by atoms with Gasteiger partial charge in [-0.3, -0.25) is 5.10 Å². The van der Waals surface area contributed by atoms with E-state index in [4.69, 9.17) is 5.11 Å². The third-order valence-corrected chi connectivity index (χ3v) is 0.731. The first kappa shape index (κ1) is 12.0. The average Bonchev–Trinajstić information content (AvgIpc) is 2.12. The molecule has 1 rings (SSSR count). The Hall–Kier alpha value is -0.740. The van der Waals surface area contributed by atoms with E-state index in [2.05, 4.69) is 10.2 Å². The number of aromatic amines is 1. The molecular weight excluding hydrogens is 179 g/mol. The van der Waals surface area contributed by atoms with Crippen LogP contribution in [-0.2, 0) is 0 Å². The van der Waals surface area contributed by atoms with Gasteiger partial charge >= 0.3 is 5.97 Å². The van der Waals surface area contributed by atoms with Crippen molar-refractivity contribution in [1.82, 2.24) is 10.2 Å². The summed E-state index contributed by atoms with van der Waals surface area (Å²) in [5, 5.41) is 13.9. The van der Waals surface area contributed by atoms with Crippen LogP contribution >= 0.6 is 24.8 Å². The van der Waals surface area contributed by atoms with Gasteiger partial charge in [0.25, 0.3) is 0 Å². The Bertz CT molecular complexity index is 187. The number of nitrogens with zero attached hydrogens (tertiary/aromatic N) is 1. The molecule has 58 valence electrons. The molecule has 0 aliphatic carbocycles. The summed E-state index contributed by atoms with van der Waals surface area (Å²) in [5.74, 6) is -0.984. The molecule has 0 radical (unpaired) electrons. The monoisotopic (exact) mass is 184 g/mol. The van der Waals surface area contributed by atoms with Gasteiger partial charge in [-0.2, -0.15) is 5.10 Å². The molecule has 6 heteroatoms. The number of carboxylic acids is 1. The summed E-state index contributed by atoms with van der Waals surface area (Å²) in [6, 6.07) is 1.39. The lowest BCUT2D eigenvalue weighted by atomic mass is 10.5. The molecule has 0 fully saturated rings. The highest BCUT2D eigenvalue weighted by Gasteiger charge is 1.99. The summed E-state index contributed by atoms with van der Waals surface area (Å²) < 4.78 is 0. The van der Waals surface area contributed by atoms with Crippen molar-refractivity contribution in [1.29, 1.82) is 0 Å². The van der Waals surface area contributed by atoms with Gasteiger partial charge in [0.05, 0.1) is 0 Å². The maximum absolute atomic E-state index is 9.99. The topological polar surface area (TPSA) is 66.0 Å². The molecule has 0 aliphatic rings. The van der Waals surface area contributed by atoms with E-state index in [-0.39, 0.29) is 30.5 Å². The molecule has 0 spiro atoms. The number of hydrogen-bond acceptors (Lipinski definition) is 2. The van der Waals surface area contributed by atoms with Crippen LogP contribution in [0.15, 0.2) is 12.3 Å². The second-order valence-electron chi connectivity index (χ2n) is 1.28. The fourth-order valence-electron chi connectivity index (χ4n) is 0.375. The van der Waals surface area contributed by atoms with Crippen molar-refractivity contribution in [2.75, 3.05) is 0 Å². The highest BCUT2D eigenvalue weighted by atomic mass is 35.5. The number of rotatable bonds is 1. The number of aromatic carboxylic acids is 1. The van der Waals surface area contributed by atoms with Crippen LogP contribution in [0.25, 0.3) is 0 Å². The van der Waals surface area contributed by atoms with Crippen LogP contribution in [0.5, 0.6) is 0 Å². The zero-order valence-corrected chi connectivity index (χ0v) is 6.41. The van der Waals surface area contributed by atoms with Crippen molar-refractivity contribution in [3.63, 3.8) is 0 Å². The molecule has 0 atom stereocenters. The Balaban J connectivity index is 0. The van der Waals surface area contributed by atoms with E-state index in [1.807, 2.05) is 0 Å². The average molecular weight is 185 g/mol. The Morgan fingerprint density at radius 3 is 2.40 bits per heavy atom. The molecule has 0 aromatic carbocycles. The van der Waals surface area contributed by atoms with E-state index in [1.165, 1.54) is 12.3 Å². The molecule has 1 aromatic rings. The zero-order chi connectivity index (χ0) is 5.98. The van der Waals surface area contributed by atoms with Gasteiger partial charge in [0.2, 0.25) is 0 Å². The maximum atomic E-state index is 9.99. The third-order valence-electron chi connectivity index (χ3n) is 0.731. The zero-order valence-electron chi connectivity index (χ0n) is 4.77. The lowest BCUT2D eigenvalue weighted by Gasteiger charge is -1.79. The van der Waals surface area contributed by atoms with Crippen molar-refractivity contribution in [3.05, 3.63) is 18.0 Å². The minimum absolute atomic E-state index is 0. The van der Waals surface area contributed by atoms with Crippen LogP contribution in [0, 0.1) is 0 Å². The van der Waals surface area contributed by atoms with Crippen LogP contribution in [0.3, 0.4) is 0 Å². The van der Waals surface area contributed by atoms with E-state index in [0.29, 0.717) is 0 Å². The Labute approximate surface area is 69.5 Å². The number of hydrogen-bond donors (Lipinski definition) is 2. The normalized spacial score (nSPS) is 7.20. The van der Waals surface area contributed by atoms with Gasteiger partial charge in [-0.25, -0.2) is 4.79 Å². The number of H-pyrrole nitrogens is 1. The summed E-state index contributed by atoms with van der Waals surface area (Å²) in [5.41, 5.74) is 0.116. The number of aromatic nitrogens is 2. The molecule has 2 N–H and O–H groups in total. The van der Waals surface area contributed by atoms with E-state index >= 15 is 0 Å². The summed E-state index contributed by atoms with van der Waals surface area (Å²) >= 11 is 0. The molecule has 0 aliphatic heterocycles. The van der Waals surface area contributed by atoms with Crippen LogP contribution < -0.4 is 0 Å². The summed E-state index contributed by atoms with van der Waals surface area (Å²) in [6.45, 7) is 0.